The molecule has 5 nitrogen and oxygen atoms in total. The SMILES string of the molecule is COc1ccc(CN2C(=O)/C(=C/c3ccc(OCc4ccc(C)cc4)c(Br)c3)SC2=Nc2ccccc2)cc1. The van der Waals surface area contributed by atoms with Crippen molar-refractivity contribution in [3.05, 3.63) is 129 Å². The fourth-order valence-corrected chi connectivity index (χ4v) is 5.49. The Morgan fingerprint density at radius 3 is 2.33 bits per heavy atom. The number of rotatable bonds is 8. The minimum atomic E-state index is -0.0821. The van der Waals surface area contributed by atoms with Crippen LogP contribution in [0, 0.1) is 6.92 Å². The Hall–Kier alpha value is -3.81. The van der Waals surface area contributed by atoms with Gasteiger partial charge in [0, 0.05) is 0 Å². The van der Waals surface area contributed by atoms with Crippen molar-refractivity contribution in [3.8, 4) is 11.5 Å². The van der Waals surface area contributed by atoms with Gasteiger partial charge in [-0.1, -0.05) is 66.2 Å². The van der Waals surface area contributed by atoms with Gasteiger partial charge >= 0.3 is 0 Å². The molecule has 1 saturated heterocycles. The van der Waals surface area contributed by atoms with Gasteiger partial charge in [0.25, 0.3) is 5.91 Å². The van der Waals surface area contributed by atoms with Crippen LogP contribution in [0.15, 0.2) is 111 Å². The summed E-state index contributed by atoms with van der Waals surface area (Å²) in [6.07, 6.45) is 1.90. The highest BCUT2D eigenvalue weighted by Crippen LogP contribution is 2.36. The molecule has 39 heavy (non-hydrogen) atoms. The molecule has 0 aromatic heterocycles. The third-order valence-electron chi connectivity index (χ3n) is 6.14. The number of amidine groups is 1. The van der Waals surface area contributed by atoms with Gasteiger partial charge in [-0.25, -0.2) is 4.99 Å². The van der Waals surface area contributed by atoms with E-state index in [1.165, 1.54) is 17.3 Å². The predicted molar refractivity (Wildman–Crippen MR) is 162 cm³/mol. The molecule has 0 aliphatic carbocycles. The molecule has 1 aliphatic rings. The standard InChI is InChI=1S/C32H27BrN2O3S/c1-22-8-10-24(11-9-22)21-38-29-17-14-25(18-28(29)33)19-30-31(36)35(20-23-12-15-27(37-2)16-13-23)32(39-30)34-26-6-4-3-5-7-26/h3-19H,20-21H2,1-2H3/b30-19-,34-32?. The maximum absolute atomic E-state index is 13.6. The second-order valence-electron chi connectivity index (χ2n) is 9.04. The first-order valence-electron chi connectivity index (χ1n) is 12.4. The molecule has 1 aliphatic heterocycles. The molecule has 4 aromatic carbocycles. The Bertz CT molecular complexity index is 1520. The summed E-state index contributed by atoms with van der Waals surface area (Å²) in [6.45, 7) is 2.96. The summed E-state index contributed by atoms with van der Waals surface area (Å²) >= 11 is 5.01. The third kappa shape index (κ3) is 6.80. The van der Waals surface area contributed by atoms with Gasteiger partial charge in [-0.15, -0.1) is 0 Å². The number of nitrogens with zero attached hydrogens (tertiary/aromatic N) is 2. The molecular weight excluding hydrogens is 572 g/mol. The van der Waals surface area contributed by atoms with Crippen molar-refractivity contribution in [1.29, 1.82) is 0 Å². The molecule has 1 fully saturated rings. The number of aryl methyl sites for hydroxylation is 1. The van der Waals surface area contributed by atoms with Crippen molar-refractivity contribution in [3.63, 3.8) is 0 Å². The molecule has 0 radical (unpaired) electrons. The van der Waals surface area contributed by atoms with Gasteiger partial charge in [0.05, 0.1) is 28.7 Å². The molecule has 7 heteroatoms. The highest BCUT2D eigenvalue weighted by atomic mass is 79.9. The zero-order valence-electron chi connectivity index (χ0n) is 21.6. The van der Waals surface area contributed by atoms with Crippen LogP contribution in [0.4, 0.5) is 5.69 Å². The minimum absolute atomic E-state index is 0.0821. The minimum Gasteiger partial charge on any atom is -0.497 e. The fourth-order valence-electron chi connectivity index (χ4n) is 3.98. The number of benzene rings is 4. The van der Waals surface area contributed by atoms with Crippen LogP contribution in [0.1, 0.15) is 22.3 Å². The maximum Gasteiger partial charge on any atom is 0.267 e. The van der Waals surface area contributed by atoms with Gasteiger partial charge in [-0.2, -0.15) is 0 Å². The molecule has 0 N–H and O–H groups in total. The normalized spacial score (nSPS) is 15.3. The average molecular weight is 600 g/mol. The molecule has 0 unspecified atom stereocenters. The van der Waals surface area contributed by atoms with Crippen LogP contribution < -0.4 is 9.47 Å². The van der Waals surface area contributed by atoms with Gasteiger partial charge in [0.2, 0.25) is 0 Å². The van der Waals surface area contributed by atoms with Crippen molar-refractivity contribution in [2.45, 2.75) is 20.1 Å². The van der Waals surface area contributed by atoms with E-state index >= 15 is 0 Å². The highest BCUT2D eigenvalue weighted by Gasteiger charge is 2.33. The largest absolute Gasteiger partial charge is 0.497 e. The Balaban J connectivity index is 1.37. The number of amides is 1. The number of halogens is 1. The fraction of sp³-hybridized carbons (Fsp3) is 0.125. The lowest BCUT2D eigenvalue weighted by molar-refractivity contribution is -0.122. The van der Waals surface area contributed by atoms with E-state index in [2.05, 4.69) is 47.1 Å². The van der Waals surface area contributed by atoms with Gasteiger partial charge in [-0.3, -0.25) is 9.69 Å². The monoisotopic (exact) mass is 598 g/mol. The molecular formula is C32H27BrN2O3S. The van der Waals surface area contributed by atoms with E-state index in [-0.39, 0.29) is 5.91 Å². The van der Waals surface area contributed by atoms with E-state index in [0.717, 1.165) is 38.3 Å². The number of hydrogen-bond acceptors (Lipinski definition) is 5. The number of methoxy groups -OCH3 is 1. The highest BCUT2D eigenvalue weighted by molar-refractivity contribution is 9.10. The van der Waals surface area contributed by atoms with Crippen LogP contribution in [0.5, 0.6) is 11.5 Å². The van der Waals surface area contributed by atoms with Crippen molar-refractivity contribution in [2.75, 3.05) is 7.11 Å². The zero-order chi connectivity index (χ0) is 27.2. The third-order valence-corrected chi connectivity index (χ3v) is 7.76. The summed E-state index contributed by atoms with van der Waals surface area (Å²) in [6, 6.07) is 31.5. The summed E-state index contributed by atoms with van der Waals surface area (Å²) in [5.74, 6) is 1.44. The molecule has 196 valence electrons. The Morgan fingerprint density at radius 1 is 0.923 bits per heavy atom. The van der Waals surface area contributed by atoms with E-state index in [9.17, 15) is 4.79 Å². The van der Waals surface area contributed by atoms with E-state index in [1.807, 2.05) is 78.9 Å². The average Bonchev–Trinajstić information content (AvgIpc) is 3.23. The smallest absolute Gasteiger partial charge is 0.267 e. The van der Waals surface area contributed by atoms with Gasteiger partial charge in [-0.05, 0) is 93.8 Å². The Kier molecular flexibility index (Phi) is 8.49. The Labute approximate surface area is 241 Å². The first-order valence-corrected chi connectivity index (χ1v) is 14.1. The van der Waals surface area contributed by atoms with Gasteiger partial charge < -0.3 is 9.47 Å². The molecule has 0 atom stereocenters. The molecule has 1 amide bonds. The number of para-hydroxylation sites is 1. The van der Waals surface area contributed by atoms with Crippen molar-refractivity contribution >= 4 is 50.5 Å². The van der Waals surface area contributed by atoms with Gasteiger partial charge in [0.15, 0.2) is 5.17 Å². The number of aliphatic imine (C=N–C) groups is 1. The van der Waals surface area contributed by atoms with E-state index < -0.39 is 0 Å². The maximum atomic E-state index is 13.6. The second kappa shape index (κ2) is 12.4. The molecule has 1 heterocycles. The first-order chi connectivity index (χ1) is 19.0. The van der Waals surface area contributed by atoms with E-state index in [1.54, 1.807) is 12.0 Å². The second-order valence-corrected chi connectivity index (χ2v) is 10.9. The topological polar surface area (TPSA) is 51.1 Å². The molecule has 0 saturated carbocycles. The number of carbonyl (C=O) groups is 1. The summed E-state index contributed by atoms with van der Waals surface area (Å²) in [4.78, 5) is 20.7. The van der Waals surface area contributed by atoms with Crippen LogP contribution in [0.2, 0.25) is 0 Å². The summed E-state index contributed by atoms with van der Waals surface area (Å²) in [5.41, 5.74) is 5.01. The summed E-state index contributed by atoms with van der Waals surface area (Å²) < 4.78 is 12.1. The zero-order valence-corrected chi connectivity index (χ0v) is 24.0. The predicted octanol–water partition coefficient (Wildman–Crippen LogP) is 8.15. The lowest BCUT2D eigenvalue weighted by Crippen LogP contribution is -2.28. The Morgan fingerprint density at radius 2 is 1.64 bits per heavy atom. The number of carbonyl (C=O) groups excluding carboxylic acids is 1. The molecule has 0 bridgehead atoms. The number of ether oxygens (including phenoxy) is 2. The molecule has 4 aromatic rings. The van der Waals surface area contributed by atoms with Crippen molar-refractivity contribution in [2.24, 2.45) is 4.99 Å². The quantitative estimate of drug-likeness (QED) is 0.192. The van der Waals surface area contributed by atoms with Gasteiger partial charge in [0.1, 0.15) is 18.1 Å². The van der Waals surface area contributed by atoms with Crippen LogP contribution in [-0.4, -0.2) is 23.1 Å². The van der Waals surface area contributed by atoms with Crippen LogP contribution >= 0.6 is 27.7 Å². The van der Waals surface area contributed by atoms with Crippen molar-refractivity contribution in [1.82, 2.24) is 4.90 Å². The van der Waals surface area contributed by atoms with Crippen LogP contribution in [0.25, 0.3) is 6.08 Å². The molecule has 0 spiro atoms. The summed E-state index contributed by atoms with van der Waals surface area (Å²) in [7, 11) is 1.64. The van der Waals surface area contributed by atoms with Crippen LogP contribution in [-0.2, 0) is 17.9 Å². The summed E-state index contributed by atoms with van der Waals surface area (Å²) in [5, 5.41) is 0.644. The lowest BCUT2D eigenvalue weighted by Gasteiger charge is -2.16. The lowest BCUT2D eigenvalue weighted by atomic mass is 10.1. The first kappa shape index (κ1) is 26.8. The van der Waals surface area contributed by atoms with Crippen LogP contribution in [0.3, 0.4) is 0 Å². The molecule has 5 rings (SSSR count). The number of thioether (sulfide) groups is 1. The van der Waals surface area contributed by atoms with E-state index in [0.29, 0.717) is 23.2 Å². The number of hydrogen-bond donors (Lipinski definition) is 0. The van der Waals surface area contributed by atoms with E-state index in [4.69, 9.17) is 14.5 Å². The van der Waals surface area contributed by atoms with Crippen molar-refractivity contribution < 1.29 is 14.3 Å².